The normalized spacial score (nSPS) is 11.2. The first-order chi connectivity index (χ1) is 6.83. The van der Waals surface area contributed by atoms with E-state index in [1.807, 2.05) is 11.3 Å². The maximum Gasteiger partial charge on any atom is 0.0666 e. The molecule has 14 heavy (non-hydrogen) atoms. The first-order valence-corrected chi connectivity index (χ1v) is 6.30. The van der Waals surface area contributed by atoms with Gasteiger partial charge >= 0.3 is 0 Å². The molecule has 0 bridgehead atoms. The third-order valence-electron chi connectivity index (χ3n) is 2.35. The topological polar surface area (TPSA) is 0 Å². The molecule has 68 valence electrons. The lowest BCUT2D eigenvalue weighted by molar-refractivity contribution is 1.81. The van der Waals surface area contributed by atoms with Crippen molar-refractivity contribution in [1.29, 1.82) is 0 Å². The quantitative estimate of drug-likeness (QED) is 0.530. The van der Waals surface area contributed by atoms with Gasteiger partial charge in [-0.05, 0) is 56.9 Å². The average Bonchev–Trinajstić information content (AvgIpc) is 2.53. The summed E-state index contributed by atoms with van der Waals surface area (Å²) in [5.41, 5.74) is 0. The Hall–Kier alpha value is -0.610. The van der Waals surface area contributed by atoms with Gasteiger partial charge in [0.15, 0.2) is 0 Å². The lowest BCUT2D eigenvalue weighted by Crippen LogP contribution is -1.70. The van der Waals surface area contributed by atoms with E-state index in [9.17, 15) is 0 Å². The van der Waals surface area contributed by atoms with Crippen LogP contribution >= 0.6 is 33.9 Å². The summed E-state index contributed by atoms with van der Waals surface area (Å²) in [6.45, 7) is 0. The van der Waals surface area contributed by atoms with Crippen LogP contribution in [0.1, 0.15) is 0 Å². The predicted octanol–water partition coefficient (Wildman–Crippen LogP) is 4.66. The zero-order valence-corrected chi connectivity index (χ0v) is 10.3. The molecule has 2 heteroatoms. The molecule has 0 spiro atoms. The fraction of sp³-hybridized carbons (Fsp3) is 0. The smallest absolute Gasteiger partial charge is 0.0666 e. The first kappa shape index (κ1) is 8.68. The highest BCUT2D eigenvalue weighted by Gasteiger charge is 2.00. The maximum atomic E-state index is 2.38. The summed E-state index contributed by atoms with van der Waals surface area (Å²) < 4.78 is 2.74. The molecule has 1 aromatic heterocycles. The molecule has 0 aliphatic heterocycles. The summed E-state index contributed by atoms with van der Waals surface area (Å²) in [5, 5.41) is 4.02. The number of rotatable bonds is 0. The van der Waals surface area contributed by atoms with Crippen molar-refractivity contribution < 1.29 is 0 Å². The fourth-order valence-corrected chi connectivity index (χ4v) is 3.56. The van der Waals surface area contributed by atoms with Crippen LogP contribution in [0.3, 0.4) is 0 Å². The van der Waals surface area contributed by atoms with Gasteiger partial charge < -0.3 is 0 Å². The van der Waals surface area contributed by atoms with Crippen molar-refractivity contribution in [2.45, 2.75) is 0 Å². The minimum absolute atomic E-state index is 1.33. The van der Waals surface area contributed by atoms with E-state index in [0.717, 1.165) is 0 Å². The average molecular weight is 310 g/mol. The van der Waals surface area contributed by atoms with E-state index >= 15 is 0 Å². The zero-order valence-electron chi connectivity index (χ0n) is 7.33. The van der Waals surface area contributed by atoms with Crippen LogP contribution in [-0.2, 0) is 0 Å². The number of thiophene rings is 1. The predicted molar refractivity (Wildman–Crippen MR) is 72.0 cm³/mol. The zero-order chi connectivity index (χ0) is 9.54. The Morgan fingerprint density at radius 2 is 1.57 bits per heavy atom. The van der Waals surface area contributed by atoms with Crippen LogP contribution in [0.2, 0.25) is 0 Å². The largest absolute Gasteiger partial charge is 0.129 e. The molecule has 0 saturated heterocycles. The monoisotopic (exact) mass is 310 g/mol. The molecular weight excluding hydrogens is 303 g/mol. The molecule has 0 radical (unpaired) electrons. The van der Waals surface area contributed by atoms with Gasteiger partial charge in [0.2, 0.25) is 0 Å². The van der Waals surface area contributed by atoms with Crippen molar-refractivity contribution in [3.05, 3.63) is 45.3 Å². The van der Waals surface area contributed by atoms with Crippen molar-refractivity contribution in [2.24, 2.45) is 0 Å². The summed E-state index contributed by atoms with van der Waals surface area (Å²) in [6.07, 6.45) is 0. The van der Waals surface area contributed by atoms with Crippen LogP contribution in [-0.4, -0.2) is 0 Å². The minimum atomic E-state index is 1.33. The molecule has 0 unspecified atom stereocenters. The van der Waals surface area contributed by atoms with Gasteiger partial charge in [-0.25, -0.2) is 0 Å². The summed E-state index contributed by atoms with van der Waals surface area (Å²) in [7, 11) is 0. The van der Waals surface area contributed by atoms with Crippen molar-refractivity contribution in [3.63, 3.8) is 0 Å². The molecular formula is C12H7IS. The lowest BCUT2D eigenvalue weighted by Gasteiger charge is -1.96. The molecule has 2 aromatic carbocycles. The van der Waals surface area contributed by atoms with Crippen LogP contribution in [0.15, 0.2) is 42.5 Å². The first-order valence-electron chi connectivity index (χ1n) is 4.41. The molecule has 0 aliphatic carbocycles. The molecule has 3 rings (SSSR count). The van der Waals surface area contributed by atoms with Gasteiger partial charge in [-0.15, -0.1) is 11.3 Å². The van der Waals surface area contributed by atoms with E-state index in [-0.39, 0.29) is 0 Å². The van der Waals surface area contributed by atoms with Crippen LogP contribution in [0.4, 0.5) is 0 Å². The number of halogens is 1. The minimum Gasteiger partial charge on any atom is -0.129 e. The third-order valence-corrected chi connectivity index (χ3v) is 4.21. The Labute approximate surface area is 99.7 Å². The van der Waals surface area contributed by atoms with Gasteiger partial charge in [0.25, 0.3) is 0 Å². The third kappa shape index (κ3) is 1.33. The standard InChI is InChI=1S/C12H7IS/c13-12-7-10-5-8-3-1-2-4-9(8)6-11(10)14-12/h1-7H. The maximum absolute atomic E-state index is 2.38. The second-order valence-corrected chi connectivity index (χ2v) is 6.27. The molecule has 1 heterocycles. The molecule has 0 aliphatic rings. The Bertz CT molecular complexity index is 557. The number of hydrogen-bond donors (Lipinski definition) is 0. The lowest BCUT2D eigenvalue weighted by atomic mass is 10.1. The highest BCUT2D eigenvalue weighted by molar-refractivity contribution is 14.1. The molecule has 0 N–H and O–H groups in total. The van der Waals surface area contributed by atoms with E-state index < -0.39 is 0 Å². The van der Waals surface area contributed by atoms with Crippen LogP contribution in [0.5, 0.6) is 0 Å². The van der Waals surface area contributed by atoms with Gasteiger partial charge in [0.1, 0.15) is 0 Å². The van der Waals surface area contributed by atoms with Crippen LogP contribution < -0.4 is 0 Å². The molecule has 0 atom stereocenters. The van der Waals surface area contributed by atoms with E-state index in [0.29, 0.717) is 0 Å². The Kier molecular flexibility index (Phi) is 1.99. The molecule has 3 aromatic rings. The Morgan fingerprint density at radius 1 is 0.857 bits per heavy atom. The van der Waals surface area contributed by atoms with Gasteiger partial charge in [0.05, 0.1) is 2.88 Å². The molecule has 0 amide bonds. The van der Waals surface area contributed by atoms with Crippen molar-refractivity contribution >= 4 is 54.8 Å². The van der Waals surface area contributed by atoms with E-state index in [4.69, 9.17) is 0 Å². The SMILES string of the molecule is Ic1cc2cc3ccccc3cc2s1. The van der Waals surface area contributed by atoms with Gasteiger partial charge in [0, 0.05) is 4.70 Å². The second kappa shape index (κ2) is 3.21. The van der Waals surface area contributed by atoms with Crippen LogP contribution in [0.25, 0.3) is 20.9 Å². The second-order valence-electron chi connectivity index (χ2n) is 3.29. The molecule has 0 fully saturated rings. The van der Waals surface area contributed by atoms with Crippen LogP contribution in [0, 0.1) is 2.88 Å². The summed E-state index contributed by atoms with van der Waals surface area (Å²) in [4.78, 5) is 0. The fourth-order valence-electron chi connectivity index (χ4n) is 1.69. The van der Waals surface area contributed by atoms with E-state index in [1.165, 1.54) is 23.7 Å². The number of fused-ring (bicyclic) bond motifs is 2. The van der Waals surface area contributed by atoms with E-state index in [1.54, 1.807) is 0 Å². The Balaban J connectivity index is 2.51. The van der Waals surface area contributed by atoms with Crippen molar-refractivity contribution in [2.75, 3.05) is 0 Å². The van der Waals surface area contributed by atoms with Gasteiger partial charge in [-0.1, -0.05) is 24.3 Å². The molecule has 0 nitrogen and oxygen atoms in total. The van der Waals surface area contributed by atoms with Gasteiger partial charge in [-0.3, -0.25) is 0 Å². The van der Waals surface area contributed by atoms with Gasteiger partial charge in [-0.2, -0.15) is 0 Å². The highest BCUT2D eigenvalue weighted by Crippen LogP contribution is 2.30. The Morgan fingerprint density at radius 3 is 2.36 bits per heavy atom. The molecule has 0 saturated carbocycles. The summed E-state index contributed by atoms with van der Waals surface area (Å²) in [6, 6.07) is 15.3. The van der Waals surface area contributed by atoms with Crippen molar-refractivity contribution in [1.82, 2.24) is 0 Å². The highest BCUT2D eigenvalue weighted by atomic mass is 127. The number of benzene rings is 2. The summed E-state index contributed by atoms with van der Waals surface area (Å²) >= 11 is 4.23. The summed E-state index contributed by atoms with van der Waals surface area (Å²) in [5.74, 6) is 0. The number of hydrogen-bond acceptors (Lipinski definition) is 1. The van der Waals surface area contributed by atoms with Crippen molar-refractivity contribution in [3.8, 4) is 0 Å². The van der Waals surface area contributed by atoms with E-state index in [2.05, 4.69) is 65.1 Å².